The van der Waals surface area contributed by atoms with Crippen molar-refractivity contribution in [3.05, 3.63) is 53.6 Å². The first kappa shape index (κ1) is 18.4. The van der Waals surface area contributed by atoms with E-state index in [4.69, 9.17) is 20.5 Å². The summed E-state index contributed by atoms with van der Waals surface area (Å²) in [6.07, 6.45) is 8.10. The average molecular weight is 392 g/mol. The normalized spacial score (nSPS) is 30.5. The molecule has 1 aliphatic heterocycles. The molecular formula is C23H25FN4O. The van der Waals surface area contributed by atoms with E-state index < -0.39 is 5.66 Å². The largest absolute Gasteiger partial charge is 0.382 e. The number of aromatic nitrogens is 1. The Hall–Kier alpha value is -2.60. The van der Waals surface area contributed by atoms with Gasteiger partial charge in [-0.15, -0.1) is 0 Å². The number of hydrogen-bond acceptors (Lipinski definition) is 5. The summed E-state index contributed by atoms with van der Waals surface area (Å²) in [5, 5.41) is 0. The van der Waals surface area contributed by atoms with Crippen LogP contribution in [0.4, 0.5) is 4.39 Å². The Labute approximate surface area is 169 Å². The van der Waals surface area contributed by atoms with Gasteiger partial charge in [0.1, 0.15) is 11.7 Å². The molecule has 2 heterocycles. The third-order valence-electron chi connectivity index (χ3n) is 7.00. The van der Waals surface area contributed by atoms with Gasteiger partial charge < -0.3 is 10.5 Å². The zero-order valence-electron chi connectivity index (χ0n) is 16.8. The van der Waals surface area contributed by atoms with E-state index in [1.54, 1.807) is 13.3 Å². The van der Waals surface area contributed by atoms with Crippen molar-refractivity contribution in [1.29, 1.82) is 0 Å². The summed E-state index contributed by atoms with van der Waals surface area (Å²) in [5.41, 5.74) is 10.3. The van der Waals surface area contributed by atoms with Gasteiger partial charge in [0.05, 0.1) is 18.0 Å². The molecule has 0 saturated heterocycles. The molecule has 2 aromatic rings. The lowest BCUT2D eigenvalue weighted by Crippen LogP contribution is -2.43. The molecule has 6 heteroatoms. The van der Waals surface area contributed by atoms with Crippen LogP contribution in [0.15, 0.2) is 46.6 Å². The second-order valence-electron chi connectivity index (χ2n) is 8.52. The summed E-state index contributed by atoms with van der Waals surface area (Å²) in [6, 6.07) is 7.81. The van der Waals surface area contributed by atoms with Crippen LogP contribution >= 0.6 is 0 Å². The molecule has 3 aliphatic rings. The molecule has 5 nitrogen and oxygen atoms in total. The summed E-state index contributed by atoms with van der Waals surface area (Å²) < 4.78 is 19.4. The number of nitrogens with two attached hydrogens (primary N) is 1. The molecule has 0 amide bonds. The van der Waals surface area contributed by atoms with Crippen molar-refractivity contribution in [2.45, 2.75) is 50.8 Å². The van der Waals surface area contributed by atoms with Crippen molar-refractivity contribution in [3.63, 3.8) is 0 Å². The zero-order valence-corrected chi connectivity index (χ0v) is 16.8. The number of amidine groups is 1. The first-order valence-electron chi connectivity index (χ1n) is 10.2. The minimum Gasteiger partial charge on any atom is -0.382 e. The van der Waals surface area contributed by atoms with Crippen molar-refractivity contribution < 1.29 is 9.13 Å². The maximum atomic E-state index is 13.7. The average Bonchev–Trinajstić information content (AvgIpc) is 3.16. The number of rotatable bonds is 2. The van der Waals surface area contributed by atoms with Crippen LogP contribution in [0.3, 0.4) is 0 Å². The fourth-order valence-corrected chi connectivity index (χ4v) is 5.42. The van der Waals surface area contributed by atoms with Crippen molar-refractivity contribution in [1.82, 2.24) is 4.98 Å². The van der Waals surface area contributed by atoms with Gasteiger partial charge >= 0.3 is 0 Å². The molecule has 150 valence electrons. The van der Waals surface area contributed by atoms with E-state index in [0.717, 1.165) is 54.5 Å². The standard InChI is InChI=1S/C23H25FN4O/c1-14-21(25)28-23(27-14)20-10-15(17-9-18(24)13-26-12-17)3-4-16(20)11-22(23)7-5-19(29-2)6-8-22/h3-4,9-10,12-13,19H,5-8,11H2,1-2H3,(H2,25,28). The molecule has 1 atom stereocenters. The first-order chi connectivity index (χ1) is 14.0. The minimum absolute atomic E-state index is 0.0917. The number of halogens is 1. The predicted octanol–water partition coefficient (Wildman–Crippen LogP) is 4.00. The Balaban J connectivity index is 1.65. The van der Waals surface area contributed by atoms with Crippen LogP contribution in [0.5, 0.6) is 0 Å². The third kappa shape index (κ3) is 2.65. The number of aliphatic imine (C=N–C) groups is 2. The summed E-state index contributed by atoms with van der Waals surface area (Å²) in [4.78, 5) is 14.1. The highest BCUT2D eigenvalue weighted by molar-refractivity contribution is 6.41. The van der Waals surface area contributed by atoms with Gasteiger partial charge in [-0.2, -0.15) is 0 Å². The van der Waals surface area contributed by atoms with E-state index in [1.165, 1.54) is 17.8 Å². The summed E-state index contributed by atoms with van der Waals surface area (Å²) in [6.45, 7) is 1.93. The first-order valence-corrected chi connectivity index (χ1v) is 10.2. The van der Waals surface area contributed by atoms with Crippen LogP contribution in [-0.4, -0.2) is 29.7 Å². The second kappa shape index (κ2) is 6.46. The summed E-state index contributed by atoms with van der Waals surface area (Å²) in [7, 11) is 1.79. The van der Waals surface area contributed by atoms with E-state index >= 15 is 0 Å². The second-order valence-corrected chi connectivity index (χ2v) is 8.52. The number of ether oxygens (including phenoxy) is 1. The molecule has 0 bridgehead atoms. The van der Waals surface area contributed by atoms with Gasteiger partial charge in [0.15, 0.2) is 5.66 Å². The molecule has 2 N–H and O–H groups in total. The SMILES string of the molecule is COC1CCC2(CC1)Cc1ccc(-c3cncc(F)c3)cc1C21N=C(C)C(N)=N1. The minimum atomic E-state index is -0.689. The van der Waals surface area contributed by atoms with E-state index in [-0.39, 0.29) is 11.2 Å². The molecule has 29 heavy (non-hydrogen) atoms. The number of methoxy groups -OCH3 is 1. The number of fused-ring (bicyclic) bond motifs is 3. The van der Waals surface area contributed by atoms with E-state index in [1.807, 2.05) is 13.0 Å². The molecule has 1 aromatic carbocycles. The lowest BCUT2D eigenvalue weighted by Gasteiger charge is -2.44. The Morgan fingerprint density at radius 3 is 2.55 bits per heavy atom. The van der Waals surface area contributed by atoms with Crippen LogP contribution in [0.1, 0.15) is 43.7 Å². The lowest BCUT2D eigenvalue weighted by molar-refractivity contribution is -0.000372. The summed E-state index contributed by atoms with van der Waals surface area (Å²) in [5.74, 6) is 0.174. The Morgan fingerprint density at radius 2 is 1.90 bits per heavy atom. The fraction of sp³-hybridized carbons (Fsp3) is 0.435. The highest BCUT2D eigenvalue weighted by Gasteiger charge is 2.60. The van der Waals surface area contributed by atoms with Gasteiger partial charge in [-0.05, 0) is 62.3 Å². The molecule has 0 radical (unpaired) electrons. The van der Waals surface area contributed by atoms with E-state index in [2.05, 4.69) is 17.1 Å². The topological polar surface area (TPSA) is 72.9 Å². The highest BCUT2D eigenvalue weighted by Crippen LogP contribution is 2.62. The molecule has 5 rings (SSSR count). The number of nitrogens with zero attached hydrogens (tertiary/aromatic N) is 3. The Bertz CT molecular complexity index is 1020. The molecule has 1 fully saturated rings. The van der Waals surface area contributed by atoms with Gasteiger partial charge in [0, 0.05) is 29.8 Å². The van der Waals surface area contributed by atoms with Crippen LogP contribution in [-0.2, 0) is 16.8 Å². The Morgan fingerprint density at radius 1 is 1.10 bits per heavy atom. The van der Waals surface area contributed by atoms with Crippen LogP contribution < -0.4 is 5.73 Å². The van der Waals surface area contributed by atoms with Crippen LogP contribution in [0.2, 0.25) is 0 Å². The predicted molar refractivity (Wildman–Crippen MR) is 111 cm³/mol. The maximum absolute atomic E-state index is 13.7. The van der Waals surface area contributed by atoms with Crippen molar-refractivity contribution >= 4 is 11.5 Å². The quantitative estimate of drug-likeness (QED) is 0.839. The monoisotopic (exact) mass is 392 g/mol. The van der Waals surface area contributed by atoms with Gasteiger partial charge in [0.2, 0.25) is 0 Å². The maximum Gasteiger partial charge on any atom is 0.184 e. The van der Waals surface area contributed by atoms with Crippen molar-refractivity contribution in [2.75, 3.05) is 7.11 Å². The van der Waals surface area contributed by atoms with Gasteiger partial charge in [-0.3, -0.25) is 9.98 Å². The molecule has 2 aliphatic carbocycles. The number of benzene rings is 1. The van der Waals surface area contributed by atoms with E-state index in [9.17, 15) is 4.39 Å². The molecule has 1 saturated carbocycles. The van der Waals surface area contributed by atoms with Crippen molar-refractivity contribution in [2.24, 2.45) is 21.1 Å². The highest BCUT2D eigenvalue weighted by atomic mass is 19.1. The van der Waals surface area contributed by atoms with E-state index in [0.29, 0.717) is 11.9 Å². The summed E-state index contributed by atoms with van der Waals surface area (Å²) >= 11 is 0. The van der Waals surface area contributed by atoms with Crippen LogP contribution in [0, 0.1) is 11.2 Å². The number of pyridine rings is 1. The van der Waals surface area contributed by atoms with Crippen LogP contribution in [0.25, 0.3) is 11.1 Å². The van der Waals surface area contributed by atoms with Gasteiger partial charge in [-0.25, -0.2) is 9.38 Å². The molecule has 1 aromatic heterocycles. The Kier molecular flexibility index (Phi) is 4.10. The smallest absolute Gasteiger partial charge is 0.184 e. The lowest BCUT2D eigenvalue weighted by atomic mass is 9.65. The molecular weight excluding hydrogens is 367 g/mol. The fourth-order valence-electron chi connectivity index (χ4n) is 5.42. The van der Waals surface area contributed by atoms with Gasteiger partial charge in [0.25, 0.3) is 0 Å². The zero-order chi connectivity index (χ0) is 20.2. The molecule has 1 unspecified atom stereocenters. The van der Waals surface area contributed by atoms with Gasteiger partial charge in [-0.1, -0.05) is 12.1 Å². The molecule has 2 spiro atoms. The third-order valence-corrected chi connectivity index (χ3v) is 7.00. The van der Waals surface area contributed by atoms with Crippen molar-refractivity contribution in [3.8, 4) is 11.1 Å². The number of hydrogen-bond donors (Lipinski definition) is 1.